The molecule has 7 heteroatoms. The quantitative estimate of drug-likeness (QED) is 0.662. The van der Waals surface area contributed by atoms with Crippen LogP contribution in [0.2, 0.25) is 0 Å². The van der Waals surface area contributed by atoms with Crippen LogP contribution in [0.5, 0.6) is 0 Å². The first-order valence-corrected chi connectivity index (χ1v) is 6.46. The first-order valence-electron chi connectivity index (χ1n) is 4.76. The van der Waals surface area contributed by atoms with Crippen molar-refractivity contribution in [2.45, 2.75) is 42.9 Å². The number of esters is 1. The van der Waals surface area contributed by atoms with Crippen LogP contribution in [0.25, 0.3) is 0 Å². The Labute approximate surface area is 103 Å². The van der Waals surface area contributed by atoms with E-state index in [0.29, 0.717) is 9.47 Å². The number of nitrogens with two attached hydrogens (primary N) is 1. The summed E-state index contributed by atoms with van der Waals surface area (Å²) in [4.78, 5) is 11.7. The van der Waals surface area contributed by atoms with Gasteiger partial charge in [-0.05, 0) is 27.7 Å². The van der Waals surface area contributed by atoms with Crippen molar-refractivity contribution in [2.24, 2.45) is 0 Å². The second-order valence-electron chi connectivity index (χ2n) is 4.20. The van der Waals surface area contributed by atoms with E-state index in [0.717, 1.165) is 0 Å². The maximum Gasteiger partial charge on any atom is 0.319 e. The summed E-state index contributed by atoms with van der Waals surface area (Å²) in [6.07, 6.45) is 0. The molecule has 0 aliphatic heterocycles. The molecule has 1 atom stereocenters. The Morgan fingerprint density at radius 3 is 2.56 bits per heavy atom. The molecule has 5 nitrogen and oxygen atoms in total. The molecule has 0 fully saturated rings. The summed E-state index contributed by atoms with van der Waals surface area (Å²) in [6, 6.07) is 0. The third-order valence-electron chi connectivity index (χ3n) is 1.44. The molecule has 1 aromatic rings. The average molecular weight is 261 g/mol. The van der Waals surface area contributed by atoms with Crippen molar-refractivity contribution in [3.63, 3.8) is 0 Å². The third-order valence-corrected chi connectivity index (χ3v) is 3.35. The topological polar surface area (TPSA) is 78.1 Å². The largest absolute Gasteiger partial charge is 0.459 e. The summed E-state index contributed by atoms with van der Waals surface area (Å²) in [7, 11) is 0. The van der Waals surface area contributed by atoms with Crippen LogP contribution < -0.4 is 5.73 Å². The molecule has 0 aliphatic carbocycles. The van der Waals surface area contributed by atoms with Gasteiger partial charge in [0.2, 0.25) is 5.13 Å². The highest BCUT2D eigenvalue weighted by Gasteiger charge is 2.23. The molecule has 0 bridgehead atoms. The zero-order chi connectivity index (χ0) is 12.3. The van der Waals surface area contributed by atoms with Crippen molar-refractivity contribution >= 4 is 34.2 Å². The molecule has 1 rings (SSSR count). The number of carbonyl (C=O) groups excluding carboxylic acids is 1. The SMILES string of the molecule is CC(Sc1nnc(N)s1)C(=O)OC(C)(C)C. The second-order valence-corrected chi connectivity index (χ2v) is 6.80. The Bertz CT molecular complexity index is 373. The molecule has 0 saturated heterocycles. The Balaban J connectivity index is 2.52. The summed E-state index contributed by atoms with van der Waals surface area (Å²) >= 11 is 2.57. The number of thioether (sulfide) groups is 1. The fraction of sp³-hybridized carbons (Fsp3) is 0.667. The number of carbonyl (C=O) groups is 1. The lowest BCUT2D eigenvalue weighted by Crippen LogP contribution is -2.28. The van der Waals surface area contributed by atoms with Crippen LogP contribution in [0.1, 0.15) is 27.7 Å². The molecule has 0 aliphatic rings. The van der Waals surface area contributed by atoms with Gasteiger partial charge in [0.15, 0.2) is 4.34 Å². The monoisotopic (exact) mass is 261 g/mol. The molecule has 2 N–H and O–H groups in total. The summed E-state index contributed by atoms with van der Waals surface area (Å²) in [5.74, 6) is -0.258. The highest BCUT2D eigenvalue weighted by molar-refractivity contribution is 8.02. The van der Waals surface area contributed by atoms with Gasteiger partial charge in [-0.15, -0.1) is 10.2 Å². The van der Waals surface area contributed by atoms with E-state index in [1.54, 1.807) is 6.92 Å². The van der Waals surface area contributed by atoms with Crippen molar-refractivity contribution in [3.05, 3.63) is 0 Å². The van der Waals surface area contributed by atoms with E-state index in [1.807, 2.05) is 20.8 Å². The number of nitrogens with zero attached hydrogens (tertiary/aromatic N) is 2. The summed E-state index contributed by atoms with van der Waals surface area (Å²) in [5.41, 5.74) is 4.98. The Morgan fingerprint density at radius 1 is 1.50 bits per heavy atom. The number of anilines is 1. The molecule has 0 amide bonds. The lowest BCUT2D eigenvalue weighted by Gasteiger charge is -2.21. The predicted molar refractivity (Wildman–Crippen MR) is 65.5 cm³/mol. The van der Waals surface area contributed by atoms with Gasteiger partial charge in [-0.3, -0.25) is 4.79 Å². The van der Waals surface area contributed by atoms with Gasteiger partial charge in [-0.25, -0.2) is 0 Å². The summed E-state index contributed by atoms with van der Waals surface area (Å²) in [6.45, 7) is 7.29. The van der Waals surface area contributed by atoms with Crippen LogP contribution in [0, 0.1) is 0 Å². The van der Waals surface area contributed by atoms with Crippen LogP contribution in [0.3, 0.4) is 0 Å². The van der Waals surface area contributed by atoms with Crippen molar-refractivity contribution in [2.75, 3.05) is 5.73 Å². The van der Waals surface area contributed by atoms with Gasteiger partial charge in [0, 0.05) is 0 Å². The van der Waals surface area contributed by atoms with Crippen LogP contribution in [-0.4, -0.2) is 27.0 Å². The normalized spacial score (nSPS) is 13.5. The molecular formula is C9H15N3O2S2. The zero-order valence-electron chi connectivity index (χ0n) is 9.68. The molecule has 0 radical (unpaired) electrons. The molecule has 1 heterocycles. The van der Waals surface area contributed by atoms with E-state index < -0.39 is 5.60 Å². The molecule has 90 valence electrons. The van der Waals surface area contributed by atoms with E-state index in [4.69, 9.17) is 10.5 Å². The lowest BCUT2D eigenvalue weighted by atomic mass is 10.2. The summed E-state index contributed by atoms with van der Waals surface area (Å²) < 4.78 is 5.92. The lowest BCUT2D eigenvalue weighted by molar-refractivity contribution is -0.153. The number of rotatable bonds is 3. The highest BCUT2D eigenvalue weighted by atomic mass is 32.2. The minimum atomic E-state index is -0.466. The molecule has 0 aromatic carbocycles. The number of ether oxygens (including phenoxy) is 1. The van der Waals surface area contributed by atoms with E-state index >= 15 is 0 Å². The maximum atomic E-state index is 11.7. The zero-order valence-corrected chi connectivity index (χ0v) is 11.3. The van der Waals surface area contributed by atoms with Gasteiger partial charge in [-0.2, -0.15) is 0 Å². The van der Waals surface area contributed by atoms with Crippen LogP contribution in [0.4, 0.5) is 5.13 Å². The number of aromatic nitrogens is 2. The van der Waals surface area contributed by atoms with Crippen LogP contribution in [-0.2, 0) is 9.53 Å². The Hall–Kier alpha value is -0.820. The molecular weight excluding hydrogens is 246 g/mol. The summed E-state index contributed by atoms with van der Waals surface area (Å²) in [5, 5.41) is 7.60. The van der Waals surface area contributed by atoms with E-state index in [-0.39, 0.29) is 11.2 Å². The number of hydrogen-bond donors (Lipinski definition) is 1. The van der Waals surface area contributed by atoms with Crippen molar-refractivity contribution in [1.82, 2.24) is 10.2 Å². The number of nitrogen functional groups attached to an aromatic ring is 1. The van der Waals surface area contributed by atoms with Gasteiger partial charge in [0.25, 0.3) is 0 Å². The Morgan fingerprint density at radius 2 is 2.12 bits per heavy atom. The predicted octanol–water partition coefficient (Wildman–Crippen LogP) is 1.94. The van der Waals surface area contributed by atoms with Crippen LogP contribution >= 0.6 is 23.1 Å². The van der Waals surface area contributed by atoms with Crippen molar-refractivity contribution in [1.29, 1.82) is 0 Å². The van der Waals surface area contributed by atoms with E-state index in [1.165, 1.54) is 23.1 Å². The molecule has 0 saturated carbocycles. The van der Waals surface area contributed by atoms with Gasteiger partial charge in [0.05, 0.1) is 0 Å². The van der Waals surface area contributed by atoms with Gasteiger partial charge < -0.3 is 10.5 Å². The van der Waals surface area contributed by atoms with Crippen molar-refractivity contribution in [3.8, 4) is 0 Å². The standard InChI is InChI=1S/C9H15N3O2S2/c1-5(6(13)14-9(2,3)4)15-8-12-11-7(10)16-8/h5H,1-4H3,(H2,10,11). The second kappa shape index (κ2) is 5.01. The molecule has 0 spiro atoms. The molecule has 16 heavy (non-hydrogen) atoms. The van der Waals surface area contributed by atoms with Crippen LogP contribution in [0.15, 0.2) is 4.34 Å². The van der Waals surface area contributed by atoms with Crippen molar-refractivity contribution < 1.29 is 9.53 Å². The van der Waals surface area contributed by atoms with E-state index in [9.17, 15) is 4.79 Å². The minimum Gasteiger partial charge on any atom is -0.459 e. The molecule has 1 unspecified atom stereocenters. The highest BCUT2D eigenvalue weighted by Crippen LogP contribution is 2.28. The first kappa shape index (κ1) is 13.2. The Kier molecular flexibility index (Phi) is 4.15. The maximum absolute atomic E-state index is 11.7. The van der Waals surface area contributed by atoms with Gasteiger partial charge in [-0.1, -0.05) is 23.1 Å². The third kappa shape index (κ3) is 4.36. The molecule has 1 aromatic heterocycles. The number of hydrogen-bond acceptors (Lipinski definition) is 7. The van der Waals surface area contributed by atoms with Gasteiger partial charge in [0.1, 0.15) is 10.9 Å². The van der Waals surface area contributed by atoms with E-state index in [2.05, 4.69) is 10.2 Å². The minimum absolute atomic E-state index is 0.258. The fourth-order valence-corrected chi connectivity index (χ4v) is 2.61. The average Bonchev–Trinajstić information content (AvgIpc) is 2.48. The fourth-order valence-electron chi connectivity index (χ4n) is 0.852. The van der Waals surface area contributed by atoms with Gasteiger partial charge >= 0.3 is 5.97 Å². The first-order chi connectivity index (χ1) is 7.28. The smallest absolute Gasteiger partial charge is 0.319 e.